The smallest absolute Gasteiger partial charge is 0.410 e. The summed E-state index contributed by atoms with van der Waals surface area (Å²) < 4.78 is 16.5. The van der Waals surface area contributed by atoms with Gasteiger partial charge in [0.2, 0.25) is 0 Å². The van der Waals surface area contributed by atoms with E-state index in [2.05, 4.69) is 34.6 Å². The Morgan fingerprint density at radius 1 is 0.865 bits per heavy atom. The fourth-order valence-electron chi connectivity index (χ4n) is 6.27. The van der Waals surface area contributed by atoms with E-state index in [0.29, 0.717) is 42.7 Å². The number of morpholine rings is 1. The van der Waals surface area contributed by atoms with Crippen LogP contribution in [0.1, 0.15) is 40.2 Å². The maximum absolute atomic E-state index is 13.4. The highest BCUT2D eigenvalue weighted by Gasteiger charge is 2.45. The number of aromatic nitrogens is 2. The summed E-state index contributed by atoms with van der Waals surface area (Å²) in [4.78, 5) is 28.6. The molecule has 0 radical (unpaired) electrons. The molecule has 37 heavy (non-hydrogen) atoms. The Bertz CT molecular complexity index is 1450. The van der Waals surface area contributed by atoms with E-state index in [9.17, 15) is 9.59 Å². The quantitative estimate of drug-likeness (QED) is 0.374. The highest BCUT2D eigenvalue weighted by atomic mass is 16.6. The zero-order chi connectivity index (χ0) is 24.9. The van der Waals surface area contributed by atoms with Gasteiger partial charge in [-0.2, -0.15) is 0 Å². The molecule has 2 atom stereocenters. The molecule has 0 N–H and O–H groups in total. The van der Waals surface area contributed by atoms with Crippen molar-refractivity contribution in [2.75, 3.05) is 19.8 Å². The van der Waals surface area contributed by atoms with Gasteiger partial charge in [-0.3, -0.25) is 9.69 Å². The number of hydrogen-bond acceptors (Lipinski definition) is 7. The van der Waals surface area contributed by atoms with Gasteiger partial charge >= 0.3 is 6.09 Å². The zero-order valence-corrected chi connectivity index (χ0v) is 20.1. The number of ketones is 1. The van der Waals surface area contributed by atoms with Gasteiger partial charge in [-0.05, 0) is 63.6 Å². The van der Waals surface area contributed by atoms with Crippen LogP contribution in [-0.2, 0) is 9.47 Å². The molecule has 1 aromatic heterocycles. The summed E-state index contributed by atoms with van der Waals surface area (Å²) >= 11 is 0. The third-order valence-corrected chi connectivity index (χ3v) is 7.98. The Balaban J connectivity index is 1.07. The van der Waals surface area contributed by atoms with Crippen LogP contribution in [0.4, 0.5) is 4.79 Å². The number of piperidine rings is 1. The van der Waals surface area contributed by atoms with Gasteiger partial charge in [0, 0.05) is 17.4 Å². The van der Waals surface area contributed by atoms with Gasteiger partial charge in [0.25, 0.3) is 0 Å². The van der Waals surface area contributed by atoms with E-state index in [0.717, 1.165) is 0 Å². The Morgan fingerprint density at radius 2 is 1.51 bits per heavy atom. The second-order valence-electron chi connectivity index (χ2n) is 10.1. The molecule has 186 valence electrons. The van der Waals surface area contributed by atoms with Crippen LogP contribution in [-0.4, -0.2) is 59.0 Å². The first-order valence-electron chi connectivity index (χ1n) is 12.6. The monoisotopic (exact) mass is 495 g/mol. The molecule has 8 nitrogen and oxygen atoms in total. The highest BCUT2D eigenvalue weighted by Crippen LogP contribution is 2.44. The molecule has 2 fully saturated rings. The molecule has 0 spiro atoms. The van der Waals surface area contributed by atoms with Crippen LogP contribution in [0.3, 0.4) is 0 Å². The maximum atomic E-state index is 13.4. The molecule has 4 aromatic rings. The molecule has 8 heteroatoms. The van der Waals surface area contributed by atoms with Crippen LogP contribution in [0.15, 0.2) is 71.4 Å². The van der Waals surface area contributed by atoms with Gasteiger partial charge in [-0.15, -0.1) is 0 Å². The van der Waals surface area contributed by atoms with Gasteiger partial charge in [0.1, 0.15) is 17.6 Å². The number of ether oxygens (including phenoxy) is 2. The molecule has 2 saturated heterocycles. The summed E-state index contributed by atoms with van der Waals surface area (Å²) in [6.07, 6.45) is 0.740. The average Bonchev–Trinajstić information content (AvgIpc) is 3.53. The summed E-state index contributed by atoms with van der Waals surface area (Å²) in [6.45, 7) is 1.07. The minimum absolute atomic E-state index is 0.00694. The normalized spacial score (nSPS) is 22.5. The topological polar surface area (TPSA) is 94.8 Å². The van der Waals surface area contributed by atoms with Crippen molar-refractivity contribution in [3.63, 3.8) is 0 Å². The fraction of sp³-hybridized carbons (Fsp3) is 0.310. The molecule has 2 aliphatic heterocycles. The number of nitrogens with zero attached hydrogens (tertiary/aromatic N) is 3. The third kappa shape index (κ3) is 3.71. The molecule has 2 unspecified atom stereocenters. The standard InChI is InChI=1S/C29H25N3O5/c33-28(17-9-10-26-27(13-17)31-37-30-26)18-11-19-14-35-15-20(12-18)32(19)29(34)36-16-25-23-7-3-1-5-21(23)22-6-2-4-8-24(22)25/h1-10,13,18-20,25H,11-12,14-16H2. The second-order valence-corrected chi connectivity index (χ2v) is 10.1. The number of carbonyl (C=O) groups excluding carboxylic acids is 2. The van der Waals surface area contributed by atoms with E-state index < -0.39 is 0 Å². The lowest BCUT2D eigenvalue weighted by Gasteiger charge is -2.47. The minimum Gasteiger partial charge on any atom is -0.448 e. The van der Waals surface area contributed by atoms with Crippen LogP contribution in [0, 0.1) is 5.92 Å². The number of rotatable bonds is 4. The second kappa shape index (κ2) is 8.81. The molecule has 0 saturated carbocycles. The van der Waals surface area contributed by atoms with Crippen molar-refractivity contribution in [3.8, 4) is 11.1 Å². The van der Waals surface area contributed by atoms with E-state index in [1.807, 2.05) is 29.2 Å². The van der Waals surface area contributed by atoms with Crippen molar-refractivity contribution in [2.45, 2.75) is 30.8 Å². The van der Waals surface area contributed by atoms with Crippen LogP contribution >= 0.6 is 0 Å². The zero-order valence-electron chi connectivity index (χ0n) is 20.1. The van der Waals surface area contributed by atoms with Crippen molar-refractivity contribution in [3.05, 3.63) is 83.4 Å². The molecule has 1 amide bonds. The van der Waals surface area contributed by atoms with Crippen LogP contribution in [0.25, 0.3) is 22.2 Å². The van der Waals surface area contributed by atoms with E-state index in [1.54, 1.807) is 18.2 Å². The molecule has 1 aliphatic carbocycles. The summed E-state index contributed by atoms with van der Waals surface area (Å²) in [5.74, 6) is -0.143. The van der Waals surface area contributed by atoms with Gasteiger partial charge in [0.15, 0.2) is 5.78 Å². The summed E-state index contributed by atoms with van der Waals surface area (Å²) in [5.41, 5.74) is 6.53. The summed E-state index contributed by atoms with van der Waals surface area (Å²) in [6, 6.07) is 21.4. The van der Waals surface area contributed by atoms with Crippen LogP contribution < -0.4 is 0 Å². The summed E-state index contributed by atoms with van der Waals surface area (Å²) in [5, 5.41) is 7.66. The van der Waals surface area contributed by atoms with E-state index in [4.69, 9.17) is 14.1 Å². The van der Waals surface area contributed by atoms with Crippen molar-refractivity contribution >= 4 is 22.9 Å². The summed E-state index contributed by atoms with van der Waals surface area (Å²) in [7, 11) is 0. The lowest BCUT2D eigenvalue weighted by Crippen LogP contribution is -2.60. The highest BCUT2D eigenvalue weighted by molar-refractivity contribution is 6.00. The number of fused-ring (bicyclic) bond motifs is 6. The fourth-order valence-corrected chi connectivity index (χ4v) is 6.27. The van der Waals surface area contributed by atoms with Crippen LogP contribution in [0.2, 0.25) is 0 Å². The molecule has 2 bridgehead atoms. The molecular weight excluding hydrogens is 470 g/mol. The van der Waals surface area contributed by atoms with Gasteiger partial charge in [-0.1, -0.05) is 48.5 Å². The SMILES string of the molecule is O=C(c1ccc2nonc2c1)C1CC2COCC(C1)N2C(=O)OCC1c2ccccc2-c2ccccc21. The molecule has 7 rings (SSSR count). The van der Waals surface area contributed by atoms with E-state index >= 15 is 0 Å². The first-order chi connectivity index (χ1) is 18.2. The van der Waals surface area contributed by atoms with Crippen molar-refractivity contribution in [1.82, 2.24) is 15.2 Å². The number of benzene rings is 3. The Kier molecular flexibility index (Phi) is 5.28. The van der Waals surface area contributed by atoms with Crippen molar-refractivity contribution < 1.29 is 23.7 Å². The average molecular weight is 496 g/mol. The number of carbonyl (C=O) groups is 2. The van der Waals surface area contributed by atoms with Gasteiger partial charge in [0.05, 0.1) is 25.3 Å². The molecule has 3 aliphatic rings. The predicted octanol–water partition coefficient (Wildman–Crippen LogP) is 4.83. The minimum atomic E-state index is -0.332. The number of Topliss-reactive ketones (excluding diaryl/α,β-unsaturated/α-hetero) is 1. The van der Waals surface area contributed by atoms with Crippen LogP contribution in [0.5, 0.6) is 0 Å². The van der Waals surface area contributed by atoms with E-state index in [-0.39, 0.29) is 42.4 Å². The Morgan fingerprint density at radius 3 is 2.22 bits per heavy atom. The third-order valence-electron chi connectivity index (χ3n) is 7.98. The predicted molar refractivity (Wildman–Crippen MR) is 134 cm³/mol. The first kappa shape index (κ1) is 22.2. The Labute approximate surface area is 213 Å². The van der Waals surface area contributed by atoms with Crippen molar-refractivity contribution in [1.29, 1.82) is 0 Å². The molecule has 3 heterocycles. The number of hydrogen-bond donors (Lipinski definition) is 0. The number of amides is 1. The molecule has 3 aromatic carbocycles. The van der Waals surface area contributed by atoms with E-state index in [1.165, 1.54) is 22.3 Å². The first-order valence-corrected chi connectivity index (χ1v) is 12.6. The van der Waals surface area contributed by atoms with Gasteiger partial charge < -0.3 is 9.47 Å². The molecular formula is C29H25N3O5. The Hall–Kier alpha value is -4.04. The van der Waals surface area contributed by atoms with Crippen molar-refractivity contribution in [2.24, 2.45) is 5.92 Å². The lowest BCUT2D eigenvalue weighted by atomic mass is 9.81. The largest absolute Gasteiger partial charge is 0.448 e. The lowest BCUT2D eigenvalue weighted by molar-refractivity contribution is -0.0747. The van der Waals surface area contributed by atoms with Gasteiger partial charge in [-0.25, -0.2) is 9.42 Å². The maximum Gasteiger partial charge on any atom is 0.410 e.